The minimum absolute atomic E-state index is 0.0401. The second kappa shape index (κ2) is 7.14. The lowest BCUT2D eigenvalue weighted by molar-refractivity contribution is 0.446. The third kappa shape index (κ3) is 3.61. The van der Waals surface area contributed by atoms with E-state index in [0.717, 1.165) is 30.5 Å². The quantitative estimate of drug-likeness (QED) is 0.284. The molecule has 0 N–H and O–H groups in total. The molecular weight excluding hydrogens is 328 g/mol. The van der Waals surface area contributed by atoms with E-state index < -0.39 is 17.5 Å². The summed E-state index contributed by atoms with van der Waals surface area (Å²) in [4.78, 5) is 0. The molecule has 2 aromatic carbocycles. The van der Waals surface area contributed by atoms with E-state index >= 15 is 0 Å². The lowest BCUT2D eigenvalue weighted by atomic mass is 9.82. The normalized spacial score (nSPS) is 16.4. The predicted octanol–water partition coefficient (Wildman–Crippen LogP) is 5.32. The van der Waals surface area contributed by atoms with E-state index in [2.05, 4.69) is 17.9 Å². The number of rotatable bonds is 1. The van der Waals surface area contributed by atoms with Crippen molar-refractivity contribution in [1.29, 1.82) is 0 Å². The molecule has 1 aliphatic carbocycles. The summed E-state index contributed by atoms with van der Waals surface area (Å²) < 4.78 is 54.0. The molecule has 4 heteroatoms. The van der Waals surface area contributed by atoms with Gasteiger partial charge in [0.1, 0.15) is 5.82 Å². The van der Waals surface area contributed by atoms with Crippen LogP contribution in [0.1, 0.15) is 35.6 Å². The van der Waals surface area contributed by atoms with Gasteiger partial charge in [0, 0.05) is 5.56 Å². The Kier molecular flexibility index (Phi) is 4.94. The van der Waals surface area contributed by atoms with Gasteiger partial charge in [0.2, 0.25) is 0 Å². The van der Waals surface area contributed by atoms with Crippen LogP contribution in [0.15, 0.2) is 36.4 Å². The first-order valence-corrected chi connectivity index (χ1v) is 8.09. The van der Waals surface area contributed by atoms with E-state index in [1.54, 1.807) is 6.07 Å². The smallest absolute Gasteiger partial charge is 0.194 e. The van der Waals surface area contributed by atoms with Gasteiger partial charge in [-0.25, -0.2) is 17.6 Å². The van der Waals surface area contributed by atoms with Gasteiger partial charge in [0.05, 0.1) is 5.56 Å². The molecule has 128 valence electrons. The van der Waals surface area contributed by atoms with Crippen LogP contribution in [0.25, 0.3) is 0 Å². The molecule has 1 aliphatic rings. The second-order valence-electron chi connectivity index (χ2n) is 6.10. The Balaban J connectivity index is 1.91. The van der Waals surface area contributed by atoms with Crippen molar-refractivity contribution in [1.82, 2.24) is 0 Å². The molecule has 0 heterocycles. The summed E-state index contributed by atoms with van der Waals surface area (Å²) >= 11 is 0. The molecule has 0 nitrogen and oxygen atoms in total. The molecule has 3 rings (SSSR count). The Hall–Kier alpha value is -2.54. The highest BCUT2D eigenvalue weighted by molar-refractivity contribution is 5.48. The molecule has 0 spiro atoms. The van der Waals surface area contributed by atoms with Gasteiger partial charge in [-0.15, -0.1) is 0 Å². The molecule has 0 amide bonds. The summed E-state index contributed by atoms with van der Waals surface area (Å²) in [6, 6.07) is 5.02. The van der Waals surface area contributed by atoms with Crippen molar-refractivity contribution in [3.63, 3.8) is 0 Å². The highest BCUT2D eigenvalue weighted by Gasteiger charge is 2.20. The van der Waals surface area contributed by atoms with Crippen molar-refractivity contribution in [3.05, 3.63) is 81.9 Å². The summed E-state index contributed by atoms with van der Waals surface area (Å²) in [6.07, 6.45) is 6.43. The Morgan fingerprint density at radius 1 is 1.00 bits per heavy atom. The topological polar surface area (TPSA) is 0 Å². The number of hydrogen-bond acceptors (Lipinski definition) is 0. The molecule has 0 saturated heterocycles. The molecule has 0 radical (unpaired) electrons. The maximum atomic E-state index is 14.7. The van der Waals surface area contributed by atoms with Crippen molar-refractivity contribution >= 4 is 0 Å². The van der Waals surface area contributed by atoms with Crippen LogP contribution in [0.5, 0.6) is 0 Å². The lowest BCUT2D eigenvalue weighted by Crippen LogP contribution is -2.14. The molecule has 0 fully saturated rings. The first-order valence-electron chi connectivity index (χ1n) is 8.09. The Morgan fingerprint density at radius 2 is 1.72 bits per heavy atom. The van der Waals surface area contributed by atoms with Crippen LogP contribution < -0.4 is 0 Å². The first-order chi connectivity index (χ1) is 12.0. The molecular formula is C21H16F4. The minimum atomic E-state index is -1.54. The molecule has 1 atom stereocenters. The Labute approximate surface area is 144 Å². The van der Waals surface area contributed by atoms with Crippen molar-refractivity contribution in [2.24, 2.45) is 5.92 Å². The van der Waals surface area contributed by atoms with Crippen LogP contribution in [-0.2, 0) is 12.8 Å². The van der Waals surface area contributed by atoms with Gasteiger partial charge in [0.25, 0.3) is 0 Å². The summed E-state index contributed by atoms with van der Waals surface area (Å²) in [6.45, 7) is 1.97. The average Bonchev–Trinajstić information content (AvgIpc) is 2.59. The maximum absolute atomic E-state index is 14.7. The predicted molar refractivity (Wildman–Crippen MR) is 89.0 cm³/mol. The van der Waals surface area contributed by atoms with E-state index in [-0.39, 0.29) is 16.9 Å². The van der Waals surface area contributed by atoms with Gasteiger partial charge >= 0.3 is 0 Å². The van der Waals surface area contributed by atoms with E-state index in [1.807, 2.05) is 19.1 Å². The SMILES string of the molecule is CC=CC1CCc2c(ccc(C#Cc3cc(F)c(F)c(F)c3)c2F)C1. The van der Waals surface area contributed by atoms with E-state index in [1.165, 1.54) is 0 Å². The Morgan fingerprint density at radius 3 is 2.40 bits per heavy atom. The highest BCUT2D eigenvalue weighted by Crippen LogP contribution is 2.29. The molecule has 25 heavy (non-hydrogen) atoms. The fraction of sp³-hybridized carbons (Fsp3) is 0.238. The van der Waals surface area contributed by atoms with Gasteiger partial charge in [-0.05, 0) is 61.4 Å². The lowest BCUT2D eigenvalue weighted by Gasteiger charge is -2.23. The van der Waals surface area contributed by atoms with Crippen molar-refractivity contribution in [3.8, 4) is 11.8 Å². The zero-order valence-electron chi connectivity index (χ0n) is 13.7. The summed E-state index contributed by atoms with van der Waals surface area (Å²) in [5.74, 6) is 0.957. The molecule has 0 saturated carbocycles. The number of allylic oxidation sites excluding steroid dienone is 2. The number of fused-ring (bicyclic) bond motifs is 1. The third-order valence-corrected chi connectivity index (χ3v) is 4.38. The summed E-state index contributed by atoms with van der Waals surface area (Å²) in [5.41, 5.74) is 1.76. The van der Waals surface area contributed by atoms with Crippen LogP contribution in [0.4, 0.5) is 17.6 Å². The molecule has 0 aliphatic heterocycles. The van der Waals surface area contributed by atoms with Crippen molar-refractivity contribution in [2.45, 2.75) is 26.2 Å². The maximum Gasteiger partial charge on any atom is 0.194 e. The molecule has 2 aromatic rings. The highest BCUT2D eigenvalue weighted by atomic mass is 19.2. The Bertz CT molecular complexity index is 877. The summed E-state index contributed by atoms with van der Waals surface area (Å²) in [5, 5.41) is 0. The van der Waals surface area contributed by atoms with E-state index in [9.17, 15) is 17.6 Å². The van der Waals surface area contributed by atoms with Crippen molar-refractivity contribution in [2.75, 3.05) is 0 Å². The van der Waals surface area contributed by atoms with E-state index in [4.69, 9.17) is 0 Å². The van der Waals surface area contributed by atoms with Gasteiger partial charge in [0.15, 0.2) is 17.5 Å². The number of halogens is 4. The number of benzene rings is 2. The van der Waals surface area contributed by atoms with Crippen LogP contribution in [-0.4, -0.2) is 0 Å². The largest absolute Gasteiger partial charge is 0.205 e. The van der Waals surface area contributed by atoms with Gasteiger partial charge < -0.3 is 0 Å². The molecule has 0 aromatic heterocycles. The minimum Gasteiger partial charge on any atom is -0.205 e. The van der Waals surface area contributed by atoms with Crippen LogP contribution in [0, 0.1) is 41.0 Å². The van der Waals surface area contributed by atoms with Crippen LogP contribution in [0.3, 0.4) is 0 Å². The van der Waals surface area contributed by atoms with Crippen LogP contribution >= 0.6 is 0 Å². The average molecular weight is 344 g/mol. The van der Waals surface area contributed by atoms with Crippen LogP contribution in [0.2, 0.25) is 0 Å². The van der Waals surface area contributed by atoms with Gasteiger partial charge in [-0.3, -0.25) is 0 Å². The second-order valence-corrected chi connectivity index (χ2v) is 6.10. The zero-order chi connectivity index (χ0) is 18.0. The summed E-state index contributed by atoms with van der Waals surface area (Å²) in [7, 11) is 0. The van der Waals surface area contributed by atoms with E-state index in [0.29, 0.717) is 17.9 Å². The fourth-order valence-electron chi connectivity index (χ4n) is 3.14. The van der Waals surface area contributed by atoms with Gasteiger partial charge in [-0.1, -0.05) is 30.1 Å². The zero-order valence-corrected chi connectivity index (χ0v) is 13.7. The first kappa shape index (κ1) is 17.3. The standard InChI is InChI=1S/C21H16F4/c1-2-3-13-5-9-17-16(10-13)8-7-15(20(17)24)6-4-14-11-18(22)21(25)19(23)12-14/h2-3,7-8,11-13H,5,9-10H2,1H3. The monoisotopic (exact) mass is 344 g/mol. The van der Waals surface area contributed by atoms with Gasteiger partial charge in [-0.2, -0.15) is 0 Å². The fourth-order valence-corrected chi connectivity index (χ4v) is 3.14. The molecule has 0 bridgehead atoms. The number of hydrogen-bond donors (Lipinski definition) is 0. The van der Waals surface area contributed by atoms with Crippen molar-refractivity contribution < 1.29 is 17.6 Å². The third-order valence-electron chi connectivity index (χ3n) is 4.38. The molecule has 1 unspecified atom stereocenters.